The van der Waals surface area contributed by atoms with Crippen molar-refractivity contribution >= 4 is 56.5 Å². The van der Waals surface area contributed by atoms with E-state index < -0.39 is 0 Å². The number of aromatic nitrogens is 1. The van der Waals surface area contributed by atoms with Crippen LogP contribution in [0.4, 0.5) is 4.79 Å². The van der Waals surface area contributed by atoms with E-state index in [4.69, 9.17) is 16.3 Å². The van der Waals surface area contributed by atoms with Crippen LogP contribution in [0.1, 0.15) is 23.4 Å². The lowest BCUT2D eigenvalue weighted by atomic mass is 10.2. The number of halogens is 2. The molecule has 148 valence electrons. The molecule has 1 aliphatic heterocycles. The maximum atomic E-state index is 12.6. The van der Waals surface area contributed by atoms with Gasteiger partial charge in [0.05, 0.1) is 9.93 Å². The Morgan fingerprint density at radius 1 is 1.25 bits per heavy atom. The van der Waals surface area contributed by atoms with E-state index in [2.05, 4.69) is 20.5 Å². The van der Waals surface area contributed by atoms with Gasteiger partial charge in [-0.05, 0) is 83.9 Å². The summed E-state index contributed by atoms with van der Waals surface area (Å²) in [7, 11) is 1.60. The Hall–Kier alpha value is -1.54. The van der Waals surface area contributed by atoms with Gasteiger partial charge >= 0.3 is 0 Å². The summed E-state index contributed by atoms with van der Waals surface area (Å²) < 4.78 is 7.91. The molecule has 3 rings (SSSR count). The minimum Gasteiger partial charge on any atom is -0.385 e. The van der Waals surface area contributed by atoms with Gasteiger partial charge in [-0.15, -0.1) is 0 Å². The first-order chi connectivity index (χ1) is 13.3. The minimum absolute atomic E-state index is 0.235. The zero-order chi connectivity index (χ0) is 20.4. The standard InChI is InChI=1S/C20H20BrClN2O3S/c1-12-9-14(13(2)24(12)15-5-6-16(21)17(22)11-15)10-18-19(25)23(20(26)28-18)7-4-8-27-3/h5-6,9-11H,4,7-8H2,1-3H3/b18-10+. The maximum Gasteiger partial charge on any atom is 0.293 e. The zero-order valence-corrected chi connectivity index (χ0v) is 18.9. The predicted octanol–water partition coefficient (Wildman–Crippen LogP) is 5.58. The molecule has 0 aliphatic carbocycles. The van der Waals surface area contributed by atoms with Crippen molar-refractivity contribution in [3.8, 4) is 5.69 Å². The van der Waals surface area contributed by atoms with Gasteiger partial charge < -0.3 is 9.30 Å². The quantitative estimate of drug-likeness (QED) is 0.397. The number of hydrogen-bond donors (Lipinski definition) is 0. The summed E-state index contributed by atoms with van der Waals surface area (Å²) in [5.41, 5.74) is 3.83. The Morgan fingerprint density at radius 2 is 2.00 bits per heavy atom. The number of methoxy groups -OCH3 is 1. The van der Waals surface area contributed by atoms with Crippen LogP contribution in [-0.2, 0) is 9.53 Å². The SMILES string of the molecule is COCCCN1C(=O)S/C(=C/c2cc(C)n(-c3ccc(Br)c(Cl)c3)c2C)C1=O. The number of imide groups is 1. The second-order valence-corrected chi connectivity index (χ2v) is 8.69. The summed E-state index contributed by atoms with van der Waals surface area (Å²) in [6.45, 7) is 4.86. The number of ether oxygens (including phenoxy) is 1. The smallest absolute Gasteiger partial charge is 0.293 e. The fraction of sp³-hybridized carbons (Fsp3) is 0.300. The maximum absolute atomic E-state index is 12.6. The van der Waals surface area contributed by atoms with Gasteiger partial charge in [-0.2, -0.15) is 0 Å². The molecule has 8 heteroatoms. The lowest BCUT2D eigenvalue weighted by molar-refractivity contribution is -0.122. The average Bonchev–Trinajstić information content (AvgIpc) is 3.07. The van der Waals surface area contributed by atoms with Crippen molar-refractivity contribution in [3.05, 3.63) is 55.6 Å². The first kappa shape index (κ1) is 21.2. The number of thioether (sulfide) groups is 1. The van der Waals surface area contributed by atoms with Crippen molar-refractivity contribution in [2.45, 2.75) is 20.3 Å². The lowest BCUT2D eigenvalue weighted by Gasteiger charge is -2.11. The molecule has 0 spiro atoms. The molecule has 1 saturated heterocycles. The Balaban J connectivity index is 1.90. The number of carbonyl (C=O) groups is 2. The molecule has 0 bridgehead atoms. The van der Waals surface area contributed by atoms with Gasteiger partial charge in [-0.1, -0.05) is 11.6 Å². The second kappa shape index (κ2) is 8.86. The molecule has 2 heterocycles. The van der Waals surface area contributed by atoms with Crippen LogP contribution in [0.2, 0.25) is 5.02 Å². The van der Waals surface area contributed by atoms with Crippen LogP contribution in [0, 0.1) is 13.8 Å². The second-order valence-electron chi connectivity index (χ2n) is 6.44. The Bertz CT molecular complexity index is 971. The predicted molar refractivity (Wildman–Crippen MR) is 117 cm³/mol. The van der Waals surface area contributed by atoms with Crippen molar-refractivity contribution in [2.24, 2.45) is 0 Å². The van der Waals surface area contributed by atoms with Crippen LogP contribution in [-0.4, -0.2) is 40.9 Å². The molecule has 1 aromatic carbocycles. The molecule has 0 radical (unpaired) electrons. The number of hydrogen-bond acceptors (Lipinski definition) is 4. The lowest BCUT2D eigenvalue weighted by Crippen LogP contribution is -2.29. The van der Waals surface area contributed by atoms with Gasteiger partial charge in [0.2, 0.25) is 0 Å². The Kier molecular flexibility index (Phi) is 6.70. The van der Waals surface area contributed by atoms with Crippen molar-refractivity contribution in [1.29, 1.82) is 0 Å². The zero-order valence-electron chi connectivity index (χ0n) is 15.8. The van der Waals surface area contributed by atoms with Gasteiger partial charge in [0, 0.05) is 41.8 Å². The monoisotopic (exact) mass is 482 g/mol. The molecule has 0 saturated carbocycles. The highest BCUT2D eigenvalue weighted by atomic mass is 79.9. The molecular weight excluding hydrogens is 464 g/mol. The van der Waals surface area contributed by atoms with Crippen LogP contribution in [0.25, 0.3) is 11.8 Å². The van der Waals surface area contributed by atoms with Gasteiger partial charge in [-0.25, -0.2) is 0 Å². The summed E-state index contributed by atoms with van der Waals surface area (Å²) in [6, 6.07) is 7.77. The highest BCUT2D eigenvalue weighted by molar-refractivity contribution is 9.10. The third-order valence-corrected chi connectivity index (χ3v) is 6.66. The van der Waals surface area contributed by atoms with Crippen molar-refractivity contribution < 1.29 is 14.3 Å². The van der Waals surface area contributed by atoms with Crippen molar-refractivity contribution in [2.75, 3.05) is 20.3 Å². The average molecular weight is 484 g/mol. The van der Waals surface area contributed by atoms with Crippen LogP contribution >= 0.6 is 39.3 Å². The van der Waals surface area contributed by atoms with Gasteiger partial charge in [0.25, 0.3) is 11.1 Å². The summed E-state index contributed by atoms with van der Waals surface area (Å²) in [6.07, 6.45) is 2.42. The van der Waals surface area contributed by atoms with E-state index in [0.29, 0.717) is 29.5 Å². The number of amides is 2. The van der Waals surface area contributed by atoms with E-state index in [-0.39, 0.29) is 11.1 Å². The summed E-state index contributed by atoms with van der Waals surface area (Å²) in [4.78, 5) is 26.5. The molecule has 2 amide bonds. The van der Waals surface area contributed by atoms with E-state index in [9.17, 15) is 9.59 Å². The van der Waals surface area contributed by atoms with E-state index in [0.717, 1.165) is 38.9 Å². The Labute approximate surface area is 181 Å². The molecule has 1 fully saturated rings. The first-order valence-corrected chi connectivity index (χ1v) is 10.7. The van der Waals surface area contributed by atoms with Crippen molar-refractivity contribution in [3.63, 3.8) is 0 Å². The van der Waals surface area contributed by atoms with E-state index in [1.165, 1.54) is 4.90 Å². The molecule has 5 nitrogen and oxygen atoms in total. The minimum atomic E-state index is -0.248. The molecule has 0 unspecified atom stereocenters. The van der Waals surface area contributed by atoms with E-state index in [1.807, 2.05) is 38.1 Å². The number of carbonyl (C=O) groups excluding carboxylic acids is 2. The fourth-order valence-corrected chi connectivity index (χ4v) is 4.43. The van der Waals surface area contributed by atoms with Crippen molar-refractivity contribution in [1.82, 2.24) is 9.47 Å². The van der Waals surface area contributed by atoms with Crippen LogP contribution in [0.15, 0.2) is 33.6 Å². The van der Waals surface area contributed by atoms with Gasteiger partial charge in [-0.3, -0.25) is 14.5 Å². The Morgan fingerprint density at radius 3 is 2.68 bits per heavy atom. The molecule has 0 atom stereocenters. The molecular formula is C20H20BrClN2O3S. The van der Waals surface area contributed by atoms with E-state index >= 15 is 0 Å². The van der Waals surface area contributed by atoms with Crippen LogP contribution in [0.5, 0.6) is 0 Å². The molecule has 2 aromatic rings. The molecule has 28 heavy (non-hydrogen) atoms. The molecule has 1 aliphatic rings. The number of nitrogens with zero attached hydrogens (tertiary/aromatic N) is 2. The third kappa shape index (κ3) is 4.22. The van der Waals surface area contributed by atoms with Crippen LogP contribution in [0.3, 0.4) is 0 Å². The van der Waals surface area contributed by atoms with Gasteiger partial charge in [0.15, 0.2) is 0 Å². The highest BCUT2D eigenvalue weighted by Crippen LogP contribution is 2.34. The summed E-state index contributed by atoms with van der Waals surface area (Å²) >= 11 is 10.6. The number of benzene rings is 1. The van der Waals surface area contributed by atoms with Crippen LogP contribution < -0.4 is 0 Å². The highest BCUT2D eigenvalue weighted by Gasteiger charge is 2.34. The largest absolute Gasteiger partial charge is 0.385 e. The summed E-state index contributed by atoms with van der Waals surface area (Å²) in [5.74, 6) is -0.248. The topological polar surface area (TPSA) is 51.5 Å². The number of rotatable bonds is 6. The van der Waals surface area contributed by atoms with Gasteiger partial charge in [0.1, 0.15) is 0 Å². The third-order valence-electron chi connectivity index (χ3n) is 4.52. The molecule has 0 N–H and O–H groups in total. The molecule has 1 aromatic heterocycles. The number of aryl methyl sites for hydroxylation is 1. The van der Waals surface area contributed by atoms with E-state index in [1.54, 1.807) is 13.2 Å². The summed E-state index contributed by atoms with van der Waals surface area (Å²) in [5, 5.41) is 0.393. The fourth-order valence-electron chi connectivity index (χ4n) is 3.16. The first-order valence-electron chi connectivity index (χ1n) is 8.72. The normalized spacial score (nSPS) is 15.9.